The number of carbonyl (C=O) groups is 2. The number of aromatic amines is 1. The topological polar surface area (TPSA) is 161 Å². The van der Waals surface area contributed by atoms with E-state index in [9.17, 15) is 14.4 Å². The van der Waals surface area contributed by atoms with Gasteiger partial charge in [-0.05, 0) is 91.6 Å². The third-order valence-electron chi connectivity index (χ3n) is 7.53. The summed E-state index contributed by atoms with van der Waals surface area (Å²) in [6, 6.07) is 17.4. The number of hydrogen-bond acceptors (Lipinski definition) is 8. The number of imide groups is 1. The number of nitrogens with one attached hydrogen (secondary N) is 1. The number of hydrogen-bond donors (Lipinski definition) is 3. The van der Waals surface area contributed by atoms with E-state index in [1.165, 1.54) is 4.90 Å². The number of pyridine rings is 1. The predicted octanol–water partition coefficient (Wildman–Crippen LogP) is 3.29. The molecule has 2 amide bonds. The molecule has 0 bridgehead atoms. The van der Waals surface area contributed by atoms with Gasteiger partial charge in [0, 0.05) is 23.9 Å². The Hall–Kier alpha value is -4.41. The maximum absolute atomic E-state index is 13.8. The summed E-state index contributed by atoms with van der Waals surface area (Å²) in [5.74, 6) is -1.03. The molecule has 40 heavy (non-hydrogen) atoms. The molecule has 1 aliphatic carbocycles. The van der Waals surface area contributed by atoms with E-state index in [0.717, 1.165) is 29.5 Å². The molecule has 5 N–H and O–H groups in total. The highest BCUT2D eigenvalue weighted by molar-refractivity contribution is 6.17. The Bertz CT molecular complexity index is 1490. The summed E-state index contributed by atoms with van der Waals surface area (Å²) in [6.45, 7) is 0.597. The molecule has 0 saturated heterocycles. The third kappa shape index (κ3) is 6.08. The van der Waals surface area contributed by atoms with Gasteiger partial charge in [0.1, 0.15) is 0 Å². The van der Waals surface area contributed by atoms with Crippen LogP contribution in [0.5, 0.6) is 0 Å². The van der Waals surface area contributed by atoms with E-state index in [4.69, 9.17) is 11.5 Å². The Balaban J connectivity index is 1.37. The number of nitrogens with two attached hydrogens (primary N) is 2. The van der Waals surface area contributed by atoms with Gasteiger partial charge in [-0.1, -0.05) is 35.5 Å². The van der Waals surface area contributed by atoms with Crippen molar-refractivity contribution in [2.24, 2.45) is 23.3 Å². The van der Waals surface area contributed by atoms with Crippen LogP contribution in [0.4, 0.5) is 5.69 Å². The van der Waals surface area contributed by atoms with Crippen molar-refractivity contribution in [1.29, 1.82) is 0 Å². The summed E-state index contributed by atoms with van der Waals surface area (Å²) in [5.41, 5.74) is 16.2. The van der Waals surface area contributed by atoms with Crippen molar-refractivity contribution in [3.8, 4) is 22.5 Å². The van der Waals surface area contributed by atoms with Gasteiger partial charge in [0.15, 0.2) is 5.82 Å². The average molecular weight is 541 g/mol. The lowest BCUT2D eigenvalue weighted by molar-refractivity contribution is -0.130. The van der Waals surface area contributed by atoms with Gasteiger partial charge in [-0.2, -0.15) is 0 Å². The van der Waals surface area contributed by atoms with Crippen molar-refractivity contribution in [2.45, 2.75) is 38.1 Å². The maximum Gasteiger partial charge on any atom is 0.439 e. The summed E-state index contributed by atoms with van der Waals surface area (Å²) in [6.07, 6.45) is 6.84. The van der Waals surface area contributed by atoms with Gasteiger partial charge in [-0.15, -0.1) is 0 Å². The SMILES string of the molecule is NCC1CCC(C(=O)N(C(=O)[C@@H](N)Cc2ccc(-c3cccnc3)cc2)c2ccc(-c3noc(=O)[nH]3)cc2)CC1. The Morgan fingerprint density at radius 2 is 1.68 bits per heavy atom. The standard InChI is InChI=1S/C30H32N6O4/c31-17-20-5-9-23(10-6-20)28(37)36(25-13-11-22(12-14-25)27-34-30(39)40-35-27)29(38)26(32)16-19-3-7-21(8-4-19)24-2-1-15-33-18-24/h1-4,7-8,11-15,18,20,23,26H,5-6,9-10,16-17,31-32H2,(H,34,35,39)/t20?,23?,26-/m0/s1. The first-order valence-electron chi connectivity index (χ1n) is 13.4. The normalized spacial score (nSPS) is 17.8. The molecular formula is C30H32N6O4. The molecule has 206 valence electrons. The molecule has 0 aliphatic heterocycles. The lowest BCUT2D eigenvalue weighted by Crippen LogP contribution is -2.50. The molecule has 5 rings (SSSR count). The van der Waals surface area contributed by atoms with E-state index in [0.29, 0.717) is 36.6 Å². The van der Waals surface area contributed by atoms with Crippen LogP contribution in [0.25, 0.3) is 22.5 Å². The number of benzene rings is 2. The first kappa shape index (κ1) is 27.2. The number of nitrogens with zero attached hydrogens (tertiary/aromatic N) is 3. The fourth-order valence-corrected chi connectivity index (χ4v) is 5.19. The third-order valence-corrected chi connectivity index (χ3v) is 7.53. The van der Waals surface area contributed by atoms with Gasteiger partial charge < -0.3 is 11.5 Å². The maximum atomic E-state index is 13.8. The molecule has 2 aromatic carbocycles. The van der Waals surface area contributed by atoms with Crippen molar-refractivity contribution in [3.63, 3.8) is 0 Å². The van der Waals surface area contributed by atoms with Crippen LogP contribution in [-0.2, 0) is 16.0 Å². The highest BCUT2D eigenvalue weighted by Gasteiger charge is 2.35. The molecule has 1 fully saturated rings. The first-order chi connectivity index (χ1) is 19.4. The fraction of sp³-hybridized carbons (Fsp3) is 0.300. The van der Waals surface area contributed by atoms with Crippen LogP contribution in [0.3, 0.4) is 0 Å². The van der Waals surface area contributed by atoms with Crippen LogP contribution in [0.15, 0.2) is 82.4 Å². The highest BCUT2D eigenvalue weighted by atomic mass is 16.5. The fourth-order valence-electron chi connectivity index (χ4n) is 5.19. The van der Waals surface area contributed by atoms with Crippen LogP contribution in [0.1, 0.15) is 31.2 Å². The number of amides is 2. The first-order valence-corrected chi connectivity index (χ1v) is 13.4. The molecular weight excluding hydrogens is 508 g/mol. The van der Waals surface area contributed by atoms with E-state index < -0.39 is 17.7 Å². The van der Waals surface area contributed by atoms with Crippen molar-refractivity contribution >= 4 is 17.5 Å². The zero-order chi connectivity index (χ0) is 28.1. The van der Waals surface area contributed by atoms with Gasteiger partial charge in [0.2, 0.25) is 5.91 Å². The second-order valence-electron chi connectivity index (χ2n) is 10.2. The minimum atomic E-state index is -0.930. The Morgan fingerprint density at radius 1 is 0.975 bits per heavy atom. The summed E-state index contributed by atoms with van der Waals surface area (Å²) < 4.78 is 4.58. The molecule has 10 heteroatoms. The zero-order valence-corrected chi connectivity index (χ0v) is 22.0. The van der Waals surface area contributed by atoms with Crippen molar-refractivity contribution in [1.82, 2.24) is 15.1 Å². The Morgan fingerprint density at radius 3 is 2.27 bits per heavy atom. The number of H-pyrrole nitrogens is 1. The Kier molecular flexibility index (Phi) is 8.28. The van der Waals surface area contributed by atoms with E-state index >= 15 is 0 Å². The van der Waals surface area contributed by atoms with Crippen molar-refractivity contribution < 1.29 is 14.1 Å². The monoisotopic (exact) mass is 540 g/mol. The van der Waals surface area contributed by atoms with Gasteiger partial charge in [-0.3, -0.25) is 24.1 Å². The molecule has 0 radical (unpaired) electrons. The number of carbonyl (C=O) groups excluding carboxylic acids is 2. The summed E-state index contributed by atoms with van der Waals surface area (Å²) in [7, 11) is 0. The lowest BCUT2D eigenvalue weighted by Gasteiger charge is -2.32. The molecule has 2 heterocycles. The van der Waals surface area contributed by atoms with Crippen LogP contribution in [0, 0.1) is 11.8 Å². The minimum absolute atomic E-state index is 0.257. The average Bonchev–Trinajstić information content (AvgIpc) is 3.44. The molecule has 1 aliphatic rings. The highest BCUT2D eigenvalue weighted by Crippen LogP contribution is 2.32. The van der Waals surface area contributed by atoms with Crippen LogP contribution in [0.2, 0.25) is 0 Å². The smallest absolute Gasteiger partial charge is 0.330 e. The van der Waals surface area contributed by atoms with Gasteiger partial charge in [0.25, 0.3) is 5.91 Å². The molecule has 0 spiro atoms. The molecule has 0 unspecified atom stereocenters. The van der Waals surface area contributed by atoms with E-state index in [-0.39, 0.29) is 24.1 Å². The van der Waals surface area contributed by atoms with Gasteiger partial charge in [0.05, 0.1) is 11.7 Å². The van der Waals surface area contributed by atoms with Crippen molar-refractivity contribution in [2.75, 3.05) is 11.4 Å². The van der Waals surface area contributed by atoms with Crippen LogP contribution in [-0.4, -0.2) is 39.5 Å². The second-order valence-corrected chi connectivity index (χ2v) is 10.2. The minimum Gasteiger partial charge on any atom is -0.330 e. The molecule has 10 nitrogen and oxygen atoms in total. The number of rotatable bonds is 8. The van der Waals surface area contributed by atoms with E-state index in [2.05, 4.69) is 19.6 Å². The van der Waals surface area contributed by atoms with Crippen molar-refractivity contribution in [3.05, 3.63) is 89.2 Å². The summed E-state index contributed by atoms with van der Waals surface area (Å²) >= 11 is 0. The predicted molar refractivity (Wildman–Crippen MR) is 151 cm³/mol. The van der Waals surface area contributed by atoms with Gasteiger partial charge in [-0.25, -0.2) is 9.69 Å². The van der Waals surface area contributed by atoms with E-state index in [1.807, 2.05) is 36.4 Å². The second kappa shape index (κ2) is 12.2. The molecule has 1 atom stereocenters. The summed E-state index contributed by atoms with van der Waals surface area (Å²) in [4.78, 5) is 46.8. The van der Waals surface area contributed by atoms with Gasteiger partial charge >= 0.3 is 5.76 Å². The largest absolute Gasteiger partial charge is 0.439 e. The van der Waals surface area contributed by atoms with E-state index in [1.54, 1.807) is 36.7 Å². The number of anilines is 1. The van der Waals surface area contributed by atoms with Crippen LogP contribution >= 0.6 is 0 Å². The quantitative estimate of drug-likeness (QED) is 0.307. The molecule has 1 saturated carbocycles. The lowest BCUT2D eigenvalue weighted by atomic mass is 9.81. The molecule has 2 aromatic heterocycles. The zero-order valence-electron chi connectivity index (χ0n) is 22.0. The Labute approximate surface area is 231 Å². The number of aromatic nitrogens is 3. The summed E-state index contributed by atoms with van der Waals surface area (Å²) in [5, 5.41) is 3.70. The molecule has 4 aromatic rings. The van der Waals surface area contributed by atoms with Crippen LogP contribution < -0.4 is 22.1 Å².